The first kappa shape index (κ1) is 31.6. The molecule has 0 aliphatic carbocycles. The van der Waals surface area contributed by atoms with E-state index in [1.807, 2.05) is 66.7 Å². The third-order valence-electron chi connectivity index (χ3n) is 6.73. The monoisotopic (exact) mass is 558 g/mol. The number of unbranched alkanes of at least 4 members (excludes halogenated alkanes) is 6. The first-order chi connectivity index (χ1) is 20.1. The summed E-state index contributed by atoms with van der Waals surface area (Å²) in [5, 5.41) is 2.70. The van der Waals surface area contributed by atoms with Gasteiger partial charge in [-0.15, -0.1) is 0 Å². The van der Waals surface area contributed by atoms with E-state index in [0.29, 0.717) is 6.42 Å². The second-order valence-corrected chi connectivity index (χ2v) is 10.2. The smallest absolute Gasteiger partial charge is 0.308 e. The van der Waals surface area contributed by atoms with Crippen LogP contribution in [0.4, 0.5) is 0 Å². The van der Waals surface area contributed by atoms with Crippen LogP contribution in [0.15, 0.2) is 91.0 Å². The Morgan fingerprint density at radius 1 is 0.610 bits per heavy atom. The zero-order valence-corrected chi connectivity index (χ0v) is 23.8. The fourth-order valence-corrected chi connectivity index (χ4v) is 4.42. The molecular formula is C34H42N2O5. The quantitative estimate of drug-likeness (QED) is 0.104. The molecule has 2 N–H and O–H groups in total. The van der Waals surface area contributed by atoms with Gasteiger partial charge in [-0.25, -0.2) is 5.48 Å². The number of hydroxylamine groups is 1. The maximum Gasteiger partial charge on any atom is 0.308 e. The number of esters is 1. The Kier molecular flexibility index (Phi) is 14.8. The number of ether oxygens (including phenoxy) is 1. The molecule has 0 saturated carbocycles. The Bertz CT molecular complexity index is 1160. The summed E-state index contributed by atoms with van der Waals surface area (Å²) in [6.45, 7) is 0.261. The van der Waals surface area contributed by atoms with Crippen LogP contribution in [-0.4, -0.2) is 23.8 Å². The van der Waals surface area contributed by atoms with Crippen LogP contribution in [0.5, 0.6) is 0 Å². The Balaban J connectivity index is 1.35. The van der Waals surface area contributed by atoms with E-state index >= 15 is 0 Å². The predicted octanol–water partition coefficient (Wildman–Crippen LogP) is 6.22. The summed E-state index contributed by atoms with van der Waals surface area (Å²) in [5.74, 6) is -1.45. The Labute approximate surface area is 243 Å². The van der Waals surface area contributed by atoms with Gasteiger partial charge in [-0.1, -0.05) is 123 Å². The summed E-state index contributed by atoms with van der Waals surface area (Å²) in [6, 6.07) is 28.1. The largest absolute Gasteiger partial charge is 0.461 e. The summed E-state index contributed by atoms with van der Waals surface area (Å²) >= 11 is 0. The molecular weight excluding hydrogens is 516 g/mol. The molecule has 0 heterocycles. The van der Waals surface area contributed by atoms with E-state index in [1.54, 1.807) is 0 Å². The van der Waals surface area contributed by atoms with Crippen LogP contribution < -0.4 is 10.8 Å². The first-order valence-corrected chi connectivity index (χ1v) is 14.6. The molecule has 7 heteroatoms. The number of carbonyl (C=O) groups is 3. The van der Waals surface area contributed by atoms with Gasteiger partial charge >= 0.3 is 5.97 Å². The van der Waals surface area contributed by atoms with E-state index in [9.17, 15) is 14.4 Å². The molecule has 3 aromatic rings. The molecule has 0 unspecified atom stereocenters. The predicted molar refractivity (Wildman–Crippen MR) is 159 cm³/mol. The topological polar surface area (TPSA) is 93.7 Å². The minimum Gasteiger partial charge on any atom is -0.461 e. The Morgan fingerprint density at radius 3 is 1.73 bits per heavy atom. The van der Waals surface area contributed by atoms with Crippen molar-refractivity contribution in [2.45, 2.75) is 83.5 Å². The lowest BCUT2D eigenvalue weighted by molar-refractivity contribution is -0.149. The van der Waals surface area contributed by atoms with Crippen molar-refractivity contribution < 1.29 is 24.0 Å². The number of hydrogen-bond donors (Lipinski definition) is 2. The summed E-state index contributed by atoms with van der Waals surface area (Å²) in [4.78, 5) is 43.3. The third-order valence-corrected chi connectivity index (χ3v) is 6.73. The molecule has 41 heavy (non-hydrogen) atoms. The molecule has 7 nitrogen and oxygen atoms in total. The van der Waals surface area contributed by atoms with E-state index in [-0.39, 0.29) is 25.5 Å². The lowest BCUT2D eigenvalue weighted by Crippen LogP contribution is -2.47. The number of rotatable bonds is 19. The van der Waals surface area contributed by atoms with Crippen molar-refractivity contribution in [1.82, 2.24) is 10.8 Å². The molecule has 1 atom stereocenters. The van der Waals surface area contributed by atoms with Crippen molar-refractivity contribution in [2.75, 3.05) is 0 Å². The van der Waals surface area contributed by atoms with E-state index in [0.717, 1.165) is 43.2 Å². The first-order valence-electron chi connectivity index (χ1n) is 14.6. The summed E-state index contributed by atoms with van der Waals surface area (Å²) in [6.07, 6.45) is 8.61. The number of aryl methyl sites for hydroxylation is 1. The van der Waals surface area contributed by atoms with Crippen LogP contribution in [0.3, 0.4) is 0 Å². The average Bonchev–Trinajstić information content (AvgIpc) is 3.00. The molecule has 0 aromatic heterocycles. The molecule has 0 fully saturated rings. The van der Waals surface area contributed by atoms with E-state index in [4.69, 9.17) is 9.57 Å². The van der Waals surface area contributed by atoms with Crippen LogP contribution in [0.2, 0.25) is 0 Å². The van der Waals surface area contributed by atoms with Gasteiger partial charge in [0.2, 0.25) is 5.91 Å². The highest BCUT2D eigenvalue weighted by Crippen LogP contribution is 2.12. The number of carbonyl (C=O) groups excluding carboxylic acids is 3. The van der Waals surface area contributed by atoms with Gasteiger partial charge in [0, 0.05) is 6.42 Å². The van der Waals surface area contributed by atoms with E-state index in [1.165, 1.54) is 24.8 Å². The van der Waals surface area contributed by atoms with Gasteiger partial charge in [-0.05, 0) is 36.0 Å². The molecule has 218 valence electrons. The van der Waals surface area contributed by atoms with Gasteiger partial charge < -0.3 is 10.1 Å². The summed E-state index contributed by atoms with van der Waals surface area (Å²) in [5.41, 5.74) is 5.47. The van der Waals surface area contributed by atoms with Crippen molar-refractivity contribution in [3.63, 3.8) is 0 Å². The fraction of sp³-hybridized carbons (Fsp3) is 0.382. The number of hydrogen-bond acceptors (Lipinski definition) is 5. The SMILES string of the molecule is O=C(CCCCCCCCCc1ccccc1)N[C@H](CC(=O)OCc1ccccc1)C(=O)NOCc1ccccc1. The molecule has 0 spiro atoms. The summed E-state index contributed by atoms with van der Waals surface area (Å²) in [7, 11) is 0. The van der Waals surface area contributed by atoms with Crippen molar-refractivity contribution >= 4 is 17.8 Å². The molecule has 0 aliphatic heterocycles. The highest BCUT2D eigenvalue weighted by atomic mass is 16.7. The number of amides is 2. The highest BCUT2D eigenvalue weighted by Gasteiger charge is 2.25. The standard InChI is InChI=1S/C34H42N2O5/c37-32(24-16-5-3-1-2-4-9-17-28-18-10-6-11-19-28)35-31(25-33(38)40-26-29-20-12-7-13-21-29)34(39)36-41-27-30-22-14-8-15-23-30/h6-8,10-15,18-23,31H,1-5,9,16-17,24-27H2,(H,35,37)(H,36,39)/t31-/m1/s1. The maximum atomic E-state index is 12.8. The van der Waals surface area contributed by atoms with E-state index in [2.05, 4.69) is 35.1 Å². The zero-order valence-electron chi connectivity index (χ0n) is 23.8. The molecule has 3 aromatic carbocycles. The zero-order chi connectivity index (χ0) is 29.0. The second kappa shape index (κ2) is 19.2. The Hall–Kier alpha value is -3.97. The van der Waals surface area contributed by atoms with Gasteiger partial charge in [0.15, 0.2) is 0 Å². The molecule has 3 rings (SSSR count). The van der Waals surface area contributed by atoms with Gasteiger partial charge in [0.05, 0.1) is 13.0 Å². The molecule has 0 radical (unpaired) electrons. The third kappa shape index (κ3) is 13.8. The van der Waals surface area contributed by atoms with Crippen molar-refractivity contribution in [2.24, 2.45) is 0 Å². The normalized spacial score (nSPS) is 11.4. The summed E-state index contributed by atoms with van der Waals surface area (Å²) < 4.78 is 5.33. The van der Waals surface area contributed by atoms with Crippen molar-refractivity contribution in [3.8, 4) is 0 Å². The van der Waals surface area contributed by atoms with Crippen LogP contribution >= 0.6 is 0 Å². The molecule has 0 saturated heterocycles. The van der Waals surface area contributed by atoms with Gasteiger partial charge in [-0.3, -0.25) is 19.2 Å². The van der Waals surface area contributed by atoms with Crippen molar-refractivity contribution in [3.05, 3.63) is 108 Å². The number of nitrogens with one attached hydrogen (secondary N) is 2. The lowest BCUT2D eigenvalue weighted by atomic mass is 10.0. The number of benzene rings is 3. The van der Waals surface area contributed by atoms with Crippen molar-refractivity contribution in [1.29, 1.82) is 0 Å². The average molecular weight is 559 g/mol. The van der Waals surface area contributed by atoms with Gasteiger partial charge in [0.1, 0.15) is 12.6 Å². The lowest BCUT2D eigenvalue weighted by Gasteiger charge is -2.18. The van der Waals surface area contributed by atoms with Crippen LogP contribution in [-0.2, 0) is 43.6 Å². The minimum absolute atomic E-state index is 0.0960. The second-order valence-electron chi connectivity index (χ2n) is 10.2. The Morgan fingerprint density at radius 2 is 1.12 bits per heavy atom. The minimum atomic E-state index is -1.09. The molecule has 2 amide bonds. The highest BCUT2D eigenvalue weighted by molar-refractivity contribution is 5.90. The maximum absolute atomic E-state index is 12.8. The van der Waals surface area contributed by atoms with Gasteiger partial charge in [0.25, 0.3) is 5.91 Å². The molecule has 0 aliphatic rings. The fourth-order valence-electron chi connectivity index (χ4n) is 4.42. The van der Waals surface area contributed by atoms with Crippen LogP contribution in [0.1, 0.15) is 74.5 Å². The van der Waals surface area contributed by atoms with Crippen LogP contribution in [0, 0.1) is 0 Å². The van der Waals surface area contributed by atoms with E-state index < -0.39 is 17.9 Å². The van der Waals surface area contributed by atoms with Crippen LogP contribution in [0.25, 0.3) is 0 Å². The van der Waals surface area contributed by atoms with Gasteiger partial charge in [-0.2, -0.15) is 0 Å². The molecule has 0 bridgehead atoms.